The molecule has 5 aliphatic rings. The summed E-state index contributed by atoms with van der Waals surface area (Å²) < 4.78 is 23.6. The van der Waals surface area contributed by atoms with Gasteiger partial charge < -0.3 is 24.1 Å². The molecule has 1 spiro atoms. The summed E-state index contributed by atoms with van der Waals surface area (Å²) in [5.41, 5.74) is -1.45. The van der Waals surface area contributed by atoms with Crippen molar-refractivity contribution in [3.8, 4) is 0 Å². The number of esters is 1. The Kier molecular flexibility index (Phi) is 3.89. The first-order valence-corrected chi connectivity index (χ1v) is 10.0. The Bertz CT molecular complexity index is 870. The van der Waals surface area contributed by atoms with Crippen LogP contribution < -0.4 is 0 Å². The fourth-order valence-corrected chi connectivity index (χ4v) is 6.31. The van der Waals surface area contributed by atoms with Gasteiger partial charge in [-0.3, -0.25) is 9.59 Å². The lowest BCUT2D eigenvalue weighted by Crippen LogP contribution is -2.64. The quantitative estimate of drug-likeness (QED) is 0.430. The molecule has 0 saturated carbocycles. The van der Waals surface area contributed by atoms with Crippen molar-refractivity contribution in [2.75, 3.05) is 20.8 Å². The van der Waals surface area contributed by atoms with Gasteiger partial charge in [-0.15, -0.1) is 0 Å². The third-order valence-corrected chi connectivity index (χ3v) is 7.70. The van der Waals surface area contributed by atoms with Gasteiger partial charge >= 0.3 is 5.97 Å². The number of ketones is 1. The van der Waals surface area contributed by atoms with Crippen LogP contribution in [0.25, 0.3) is 0 Å². The van der Waals surface area contributed by atoms with Crippen molar-refractivity contribution in [3.05, 3.63) is 36.0 Å². The molecule has 7 heteroatoms. The molecule has 2 saturated heterocycles. The zero-order valence-corrected chi connectivity index (χ0v) is 17.0. The number of carbonyl (C=O) groups is 2. The lowest BCUT2D eigenvalue weighted by molar-refractivity contribution is -0.194. The van der Waals surface area contributed by atoms with Gasteiger partial charge in [0, 0.05) is 24.9 Å². The van der Waals surface area contributed by atoms with Crippen LogP contribution in [0.1, 0.15) is 13.8 Å². The highest BCUT2D eigenvalue weighted by molar-refractivity contribution is 6.11. The minimum absolute atomic E-state index is 0.282. The molecule has 1 N–H and O–H groups in total. The van der Waals surface area contributed by atoms with Crippen LogP contribution in [0.2, 0.25) is 0 Å². The fourth-order valence-electron chi connectivity index (χ4n) is 6.31. The second kappa shape index (κ2) is 5.88. The molecule has 29 heavy (non-hydrogen) atoms. The van der Waals surface area contributed by atoms with E-state index in [1.807, 2.05) is 32.1 Å². The van der Waals surface area contributed by atoms with Gasteiger partial charge in [0.2, 0.25) is 0 Å². The summed E-state index contributed by atoms with van der Waals surface area (Å²) in [6, 6.07) is 0. The Morgan fingerprint density at radius 2 is 2.03 bits per heavy atom. The van der Waals surface area contributed by atoms with Crippen LogP contribution in [0, 0.1) is 29.1 Å². The highest BCUT2D eigenvalue weighted by Crippen LogP contribution is 2.70. The molecule has 0 aromatic carbocycles. The van der Waals surface area contributed by atoms with Crippen LogP contribution in [0.5, 0.6) is 0 Å². The van der Waals surface area contributed by atoms with E-state index in [9.17, 15) is 14.7 Å². The van der Waals surface area contributed by atoms with Gasteiger partial charge in [-0.1, -0.05) is 24.3 Å². The van der Waals surface area contributed by atoms with Gasteiger partial charge in [0.05, 0.1) is 37.4 Å². The fraction of sp³-hybridized carbons (Fsp3) is 0.636. The van der Waals surface area contributed by atoms with Crippen molar-refractivity contribution in [3.63, 3.8) is 0 Å². The molecule has 0 unspecified atom stereocenters. The Hall–Kier alpha value is -1.80. The topological polar surface area (TPSA) is 91.3 Å². The molecule has 2 aliphatic carbocycles. The smallest absolute Gasteiger partial charge is 0.322 e. The summed E-state index contributed by atoms with van der Waals surface area (Å²) in [7, 11) is 2.88. The Labute approximate surface area is 169 Å². The van der Waals surface area contributed by atoms with E-state index in [1.54, 1.807) is 13.2 Å². The molecule has 8 atom stereocenters. The maximum absolute atomic E-state index is 13.6. The third kappa shape index (κ3) is 2.02. The number of carbonyl (C=O) groups excluding carboxylic acids is 2. The molecule has 2 fully saturated rings. The second-order valence-corrected chi connectivity index (χ2v) is 9.05. The molecular weight excluding hydrogens is 376 g/mol. The zero-order chi connectivity index (χ0) is 20.8. The molecule has 3 heterocycles. The average molecular weight is 402 g/mol. The molecule has 156 valence electrons. The van der Waals surface area contributed by atoms with Crippen molar-refractivity contribution < 1.29 is 33.6 Å². The van der Waals surface area contributed by atoms with Crippen LogP contribution >= 0.6 is 0 Å². The maximum Gasteiger partial charge on any atom is 0.322 e. The number of hydrogen-bond acceptors (Lipinski definition) is 7. The summed E-state index contributed by atoms with van der Waals surface area (Å²) in [4.78, 5) is 27.0. The van der Waals surface area contributed by atoms with Gasteiger partial charge in [-0.25, -0.2) is 0 Å². The number of fused-ring (bicyclic) bond motifs is 6. The van der Waals surface area contributed by atoms with E-state index in [2.05, 4.69) is 0 Å². The van der Waals surface area contributed by atoms with Crippen LogP contribution in [-0.4, -0.2) is 61.3 Å². The summed E-state index contributed by atoms with van der Waals surface area (Å²) in [5, 5.41) is 11.0. The van der Waals surface area contributed by atoms with E-state index in [-0.39, 0.29) is 17.6 Å². The van der Waals surface area contributed by atoms with Gasteiger partial charge in [0.15, 0.2) is 17.0 Å². The lowest BCUT2D eigenvalue weighted by atomic mass is 9.52. The number of aliphatic hydroxyl groups excluding tert-OH is 1. The monoisotopic (exact) mass is 402 g/mol. The largest absolute Gasteiger partial charge is 0.468 e. The molecule has 4 bridgehead atoms. The highest BCUT2D eigenvalue weighted by Gasteiger charge is 2.83. The number of methoxy groups -OCH3 is 2. The maximum atomic E-state index is 13.6. The Morgan fingerprint density at radius 3 is 2.72 bits per heavy atom. The van der Waals surface area contributed by atoms with Gasteiger partial charge in [-0.2, -0.15) is 0 Å². The molecule has 0 aromatic rings. The number of allylic oxidation sites excluding steroid dienone is 1. The first-order valence-electron chi connectivity index (χ1n) is 10.0. The van der Waals surface area contributed by atoms with Crippen molar-refractivity contribution in [1.82, 2.24) is 0 Å². The molecule has 7 nitrogen and oxygen atoms in total. The van der Waals surface area contributed by atoms with E-state index < -0.39 is 46.8 Å². The predicted molar refractivity (Wildman–Crippen MR) is 100 cm³/mol. The van der Waals surface area contributed by atoms with Crippen molar-refractivity contribution in [2.45, 2.75) is 37.4 Å². The van der Waals surface area contributed by atoms with Crippen molar-refractivity contribution >= 4 is 11.8 Å². The Morgan fingerprint density at radius 1 is 1.28 bits per heavy atom. The van der Waals surface area contributed by atoms with Crippen LogP contribution in [0.15, 0.2) is 36.0 Å². The van der Waals surface area contributed by atoms with Crippen LogP contribution in [0.3, 0.4) is 0 Å². The number of ether oxygens (including phenoxy) is 4. The zero-order valence-electron chi connectivity index (χ0n) is 17.0. The summed E-state index contributed by atoms with van der Waals surface area (Å²) >= 11 is 0. The Balaban J connectivity index is 1.80. The molecule has 0 aromatic heterocycles. The summed E-state index contributed by atoms with van der Waals surface area (Å²) in [5.74, 6) is -4.14. The molecular formula is C22H26O7. The van der Waals surface area contributed by atoms with Crippen molar-refractivity contribution in [1.29, 1.82) is 0 Å². The first-order chi connectivity index (χ1) is 13.8. The standard InChI is InChI=1S/C22H26O7/c1-20(2,27-4)15-13-9-10-28-22(13)17-12-7-5-11(16(12)24)6-8-14(23)21(17,18(15)29-22)19(25)26-3/h5-9,11-12,15-18,24H,10H2,1-4H3/b8-6-/t11-,12-,15+,16-,17-,18+,21-,22-/m1/s1. The predicted octanol–water partition coefficient (Wildman–Crippen LogP) is 1.17. The van der Waals surface area contributed by atoms with Gasteiger partial charge in [-0.05, 0) is 25.5 Å². The minimum Gasteiger partial charge on any atom is -0.468 e. The van der Waals surface area contributed by atoms with Gasteiger partial charge in [0.25, 0.3) is 0 Å². The van der Waals surface area contributed by atoms with E-state index in [4.69, 9.17) is 18.9 Å². The normalized spacial score (nSPS) is 48.0. The molecule has 3 aliphatic heterocycles. The summed E-state index contributed by atoms with van der Waals surface area (Å²) in [6.07, 6.45) is 7.20. The lowest BCUT2D eigenvalue weighted by Gasteiger charge is -2.49. The molecule has 0 amide bonds. The van der Waals surface area contributed by atoms with E-state index in [1.165, 1.54) is 13.2 Å². The average Bonchev–Trinajstić information content (AvgIpc) is 3.41. The number of aliphatic hydroxyl groups is 1. The van der Waals surface area contributed by atoms with Gasteiger partial charge in [0.1, 0.15) is 0 Å². The summed E-state index contributed by atoms with van der Waals surface area (Å²) in [6.45, 7) is 4.14. The van der Waals surface area contributed by atoms with E-state index in [0.29, 0.717) is 6.61 Å². The molecule has 0 radical (unpaired) electrons. The minimum atomic E-state index is -1.63. The number of hydrogen-bond donors (Lipinski definition) is 1. The third-order valence-electron chi connectivity index (χ3n) is 7.70. The highest BCUT2D eigenvalue weighted by atomic mass is 16.7. The van der Waals surface area contributed by atoms with E-state index in [0.717, 1.165) is 5.57 Å². The van der Waals surface area contributed by atoms with Crippen molar-refractivity contribution in [2.24, 2.45) is 29.1 Å². The first kappa shape index (κ1) is 19.2. The molecule has 5 rings (SSSR count). The van der Waals surface area contributed by atoms with Crippen LogP contribution in [-0.2, 0) is 28.5 Å². The second-order valence-electron chi connectivity index (χ2n) is 9.05. The van der Waals surface area contributed by atoms with Crippen LogP contribution in [0.4, 0.5) is 0 Å². The number of rotatable bonds is 3. The SMILES string of the molecule is COC(=O)[C@]12C(=O)/C=C\[C@H]3C=C[C@H]([C@@H]3O)[C@H]1[C@@]13OCC=C1[C@H](C(C)(C)OC)[C@@H]2O3. The van der Waals surface area contributed by atoms with E-state index >= 15 is 0 Å².